The van der Waals surface area contributed by atoms with Crippen LogP contribution in [0.15, 0.2) is 249 Å². The molecule has 10 aromatic carbocycles. The molecule has 0 saturated carbocycles. The van der Waals surface area contributed by atoms with Gasteiger partial charge in [0, 0.05) is 66.1 Å². The van der Waals surface area contributed by atoms with Crippen LogP contribution in [0.25, 0.3) is 116 Å². The van der Waals surface area contributed by atoms with Gasteiger partial charge in [0.05, 0.1) is 44.5 Å². The van der Waals surface area contributed by atoms with Crippen LogP contribution in [0.4, 0.5) is 0 Å². The molecule has 0 unspecified atom stereocenters. The van der Waals surface area contributed by atoms with Gasteiger partial charge in [-0.05, 0) is 104 Å². The minimum Gasteiger partial charge on any atom is -0.309 e. The molecular weight excluding hydrogens is 863 g/mol. The van der Waals surface area contributed by atoms with Crippen LogP contribution < -0.4 is 0 Å². The predicted molar refractivity (Wildman–Crippen MR) is 297 cm³/mol. The smallest absolute Gasteiger partial charge is 0.160 e. The van der Waals surface area contributed by atoms with Gasteiger partial charge < -0.3 is 13.7 Å². The van der Waals surface area contributed by atoms with Gasteiger partial charge in [-0.25, -0.2) is 9.97 Å². The van der Waals surface area contributed by atoms with Crippen molar-refractivity contribution >= 4 is 65.4 Å². The van der Waals surface area contributed by atoms with Crippen molar-refractivity contribution in [1.82, 2.24) is 23.7 Å². The van der Waals surface area contributed by atoms with Gasteiger partial charge in [0.15, 0.2) is 5.82 Å². The van der Waals surface area contributed by atoms with Crippen molar-refractivity contribution in [1.29, 1.82) is 0 Å². The van der Waals surface area contributed by atoms with Crippen molar-refractivity contribution in [3.05, 3.63) is 260 Å². The van der Waals surface area contributed by atoms with Gasteiger partial charge >= 0.3 is 0 Å². The second-order valence-corrected chi connectivity index (χ2v) is 18.4. The average Bonchev–Trinajstić information content (AvgIpc) is 4.07. The molecule has 0 saturated heterocycles. The summed E-state index contributed by atoms with van der Waals surface area (Å²) < 4.78 is 7.14. The van der Waals surface area contributed by atoms with E-state index >= 15 is 0 Å². The highest BCUT2D eigenvalue weighted by molar-refractivity contribution is 6.12. The molecule has 71 heavy (non-hydrogen) atoms. The Hall–Kier alpha value is -9.32. The second kappa shape index (κ2) is 17.3. The summed E-state index contributed by atoms with van der Waals surface area (Å²) in [5.74, 6) is 0.726. The molecule has 5 heteroatoms. The molecule has 4 aromatic heterocycles. The topological polar surface area (TPSA) is 40.6 Å². The monoisotopic (exact) mass is 909 g/mol. The van der Waals surface area contributed by atoms with Gasteiger partial charge in [-0.1, -0.05) is 169 Å². The molecule has 0 atom stereocenters. The number of aromatic nitrogens is 5. The maximum Gasteiger partial charge on any atom is 0.160 e. The van der Waals surface area contributed by atoms with Gasteiger partial charge in [-0.3, -0.25) is 0 Å². The zero-order valence-electron chi connectivity index (χ0n) is 39.4. The molecule has 0 N–H and O–H groups in total. The Morgan fingerprint density at radius 2 is 0.648 bits per heavy atom. The van der Waals surface area contributed by atoms with Gasteiger partial charge in [0.2, 0.25) is 0 Å². The summed E-state index contributed by atoms with van der Waals surface area (Å²) in [4.78, 5) is 10.0. The van der Waals surface area contributed by atoms with Gasteiger partial charge in [-0.15, -0.1) is 0 Å². The summed E-state index contributed by atoms with van der Waals surface area (Å²) in [6.45, 7) is 4.34. The number of aryl methyl sites for hydroxylation is 2. The van der Waals surface area contributed by atoms with E-state index in [0.717, 1.165) is 39.6 Å². The molecule has 0 spiro atoms. The average molecular weight is 910 g/mol. The molecule has 0 radical (unpaired) electrons. The van der Waals surface area contributed by atoms with E-state index in [0.29, 0.717) is 0 Å². The SMILES string of the molecule is Cc1cc(-n2c3ccccc3c3ccccc32)cc(-n2c3ccccc3c3ccccc32)c1.Cc1ccc2c(c1)c1cc(-c3cc(-c4ccccc4)nc(-c4ccccc4)n3)ccc1n2-c1ccccc1. The lowest BCUT2D eigenvalue weighted by Crippen LogP contribution is -1.99. The standard InChI is InChI=1S/C35H25N3.C31H22N2/c1-24-17-19-33-29(21-24)30-22-27(18-20-34(30)38(33)28-15-9-4-10-16-28)32-23-31(25-11-5-2-6-12-25)36-35(37-32)26-13-7-3-8-14-26;1-21-18-22(32-28-14-6-2-10-24(28)25-11-3-7-15-29(25)32)20-23(19-21)33-30-16-8-4-12-26(30)27-13-5-9-17-31(27)33/h2-23H,1H3;2-20H,1H3. The summed E-state index contributed by atoms with van der Waals surface area (Å²) in [5, 5.41) is 7.60. The first kappa shape index (κ1) is 41.8. The molecule has 14 aromatic rings. The number of hydrogen-bond donors (Lipinski definition) is 0. The summed E-state index contributed by atoms with van der Waals surface area (Å²) in [5.41, 5.74) is 18.3. The van der Waals surface area contributed by atoms with E-state index in [2.05, 4.69) is 240 Å². The molecule has 0 amide bonds. The highest BCUT2D eigenvalue weighted by Crippen LogP contribution is 2.38. The normalized spacial score (nSPS) is 11.5. The first-order valence-electron chi connectivity index (χ1n) is 24.2. The highest BCUT2D eigenvalue weighted by atomic mass is 15.0. The zero-order valence-corrected chi connectivity index (χ0v) is 39.4. The van der Waals surface area contributed by atoms with Crippen LogP contribution in [0, 0.1) is 13.8 Å². The Labute approximate surface area is 411 Å². The van der Waals surface area contributed by atoms with E-state index in [9.17, 15) is 0 Å². The third-order valence-corrected chi connectivity index (χ3v) is 13.8. The molecule has 4 heterocycles. The van der Waals surface area contributed by atoms with Crippen molar-refractivity contribution < 1.29 is 0 Å². The highest BCUT2D eigenvalue weighted by Gasteiger charge is 2.18. The Morgan fingerprint density at radius 3 is 1.17 bits per heavy atom. The van der Waals surface area contributed by atoms with Crippen LogP contribution in [-0.4, -0.2) is 23.7 Å². The second-order valence-electron chi connectivity index (χ2n) is 18.4. The molecular formula is C66H47N5. The maximum absolute atomic E-state index is 5.05. The van der Waals surface area contributed by atoms with Crippen molar-refractivity contribution in [3.63, 3.8) is 0 Å². The Balaban J connectivity index is 0.000000140. The fraction of sp³-hybridized carbons (Fsp3) is 0.0303. The van der Waals surface area contributed by atoms with Crippen LogP contribution in [0.3, 0.4) is 0 Å². The lowest BCUT2D eigenvalue weighted by atomic mass is 10.0. The first-order chi connectivity index (χ1) is 35.0. The lowest BCUT2D eigenvalue weighted by Gasteiger charge is -2.14. The largest absolute Gasteiger partial charge is 0.309 e. The molecule has 0 bridgehead atoms. The third kappa shape index (κ3) is 7.34. The maximum atomic E-state index is 5.05. The van der Waals surface area contributed by atoms with E-state index < -0.39 is 0 Å². The summed E-state index contributed by atoms with van der Waals surface area (Å²) in [7, 11) is 0. The number of benzene rings is 10. The van der Waals surface area contributed by atoms with Crippen LogP contribution in [0.5, 0.6) is 0 Å². The zero-order chi connectivity index (χ0) is 47.4. The number of fused-ring (bicyclic) bond motifs is 9. The number of rotatable bonds is 6. The van der Waals surface area contributed by atoms with Crippen LogP contribution >= 0.6 is 0 Å². The van der Waals surface area contributed by atoms with E-state index in [1.165, 1.54) is 87.9 Å². The summed E-state index contributed by atoms with van der Waals surface area (Å²) in [6.07, 6.45) is 0. The van der Waals surface area contributed by atoms with Crippen LogP contribution in [0.2, 0.25) is 0 Å². The van der Waals surface area contributed by atoms with Crippen LogP contribution in [0.1, 0.15) is 11.1 Å². The minimum atomic E-state index is 0.726. The Morgan fingerprint density at radius 1 is 0.254 bits per heavy atom. The lowest BCUT2D eigenvalue weighted by molar-refractivity contribution is 1.12. The Bertz CT molecular complexity index is 4000. The molecule has 0 aliphatic carbocycles. The van der Waals surface area contributed by atoms with Gasteiger partial charge in [0.25, 0.3) is 0 Å². The number of nitrogens with zero attached hydrogens (tertiary/aromatic N) is 5. The van der Waals surface area contributed by atoms with Gasteiger partial charge in [0.1, 0.15) is 0 Å². The fourth-order valence-electron chi connectivity index (χ4n) is 10.6. The van der Waals surface area contributed by atoms with E-state index in [1.54, 1.807) is 0 Å². The molecule has 0 fully saturated rings. The minimum absolute atomic E-state index is 0.726. The third-order valence-electron chi connectivity index (χ3n) is 13.8. The summed E-state index contributed by atoms with van der Waals surface area (Å²) in [6, 6.07) is 88.2. The van der Waals surface area contributed by atoms with Crippen molar-refractivity contribution in [2.45, 2.75) is 13.8 Å². The number of hydrogen-bond acceptors (Lipinski definition) is 2. The molecule has 0 aliphatic rings. The van der Waals surface area contributed by atoms with E-state index in [4.69, 9.17) is 9.97 Å². The van der Waals surface area contributed by atoms with Crippen molar-refractivity contribution in [2.24, 2.45) is 0 Å². The van der Waals surface area contributed by atoms with Gasteiger partial charge in [-0.2, -0.15) is 0 Å². The van der Waals surface area contributed by atoms with E-state index in [-0.39, 0.29) is 0 Å². The predicted octanol–water partition coefficient (Wildman–Crippen LogP) is 17.1. The molecule has 5 nitrogen and oxygen atoms in total. The molecule has 336 valence electrons. The van der Waals surface area contributed by atoms with Crippen molar-refractivity contribution in [2.75, 3.05) is 0 Å². The first-order valence-corrected chi connectivity index (χ1v) is 24.2. The number of para-hydroxylation sites is 5. The molecule has 14 rings (SSSR count). The van der Waals surface area contributed by atoms with E-state index in [1.807, 2.05) is 36.4 Å². The fourth-order valence-corrected chi connectivity index (χ4v) is 10.6. The van der Waals surface area contributed by atoms with Crippen LogP contribution in [-0.2, 0) is 0 Å². The quantitative estimate of drug-likeness (QED) is 0.167. The Kier molecular flexibility index (Phi) is 10.2. The molecule has 0 aliphatic heterocycles. The summed E-state index contributed by atoms with van der Waals surface area (Å²) >= 11 is 0. The van der Waals surface area contributed by atoms with Crippen molar-refractivity contribution in [3.8, 4) is 51.0 Å².